The average Bonchev–Trinajstić information content (AvgIpc) is 3.41. The molecule has 2 saturated heterocycles. The third-order valence-electron chi connectivity index (χ3n) is 8.47. The van der Waals surface area contributed by atoms with Gasteiger partial charge in [-0.05, 0) is 88.2 Å². The number of hydrogen-bond donors (Lipinski definition) is 1. The highest BCUT2D eigenvalue weighted by Crippen LogP contribution is 2.38. The molecule has 198 valence electrons. The minimum Gasteiger partial charge on any atom is -0.491 e. The molecule has 1 spiro atoms. The topological polar surface area (TPSA) is 74.8 Å². The number of pyridine rings is 1. The van der Waals surface area contributed by atoms with Crippen LogP contribution in [-0.4, -0.2) is 65.9 Å². The van der Waals surface area contributed by atoms with E-state index >= 15 is 0 Å². The van der Waals surface area contributed by atoms with Gasteiger partial charge in [0.1, 0.15) is 12.4 Å². The third-order valence-corrected chi connectivity index (χ3v) is 8.47. The first-order valence-electron chi connectivity index (χ1n) is 14.0. The van der Waals surface area contributed by atoms with Gasteiger partial charge in [0.25, 0.3) is 0 Å². The van der Waals surface area contributed by atoms with E-state index in [1.54, 1.807) is 0 Å². The first kappa shape index (κ1) is 25.7. The van der Waals surface area contributed by atoms with Gasteiger partial charge in [-0.2, -0.15) is 0 Å². The van der Waals surface area contributed by atoms with Crippen molar-refractivity contribution in [1.82, 2.24) is 20.1 Å². The summed E-state index contributed by atoms with van der Waals surface area (Å²) in [7, 11) is 0. The molecule has 0 saturated carbocycles. The van der Waals surface area contributed by atoms with Gasteiger partial charge >= 0.3 is 0 Å². The number of ether oxygens (including phenoxy) is 1. The van der Waals surface area contributed by atoms with Crippen LogP contribution in [0.1, 0.15) is 67.8 Å². The molecule has 1 atom stereocenters. The lowest BCUT2D eigenvalue weighted by atomic mass is 9.73. The van der Waals surface area contributed by atoms with Gasteiger partial charge in [-0.25, -0.2) is 0 Å². The summed E-state index contributed by atoms with van der Waals surface area (Å²) in [6.07, 6.45) is 9.40. The van der Waals surface area contributed by atoms with Crippen LogP contribution in [0.25, 0.3) is 0 Å². The molecule has 2 aromatic rings. The number of nitrogens with zero attached hydrogens (tertiary/aromatic N) is 3. The van der Waals surface area contributed by atoms with E-state index in [2.05, 4.69) is 39.5 Å². The molecular formula is C30H40N4O3. The molecule has 0 bridgehead atoms. The summed E-state index contributed by atoms with van der Waals surface area (Å²) in [6, 6.07) is 12.4. The lowest BCUT2D eigenvalue weighted by molar-refractivity contribution is -0.137. The Kier molecular flexibility index (Phi) is 8.08. The molecule has 1 unspecified atom stereocenters. The van der Waals surface area contributed by atoms with Crippen LogP contribution >= 0.6 is 0 Å². The van der Waals surface area contributed by atoms with Crippen molar-refractivity contribution < 1.29 is 14.3 Å². The van der Waals surface area contributed by atoms with Gasteiger partial charge in [-0.3, -0.25) is 19.5 Å². The monoisotopic (exact) mass is 504 g/mol. The summed E-state index contributed by atoms with van der Waals surface area (Å²) in [5.41, 5.74) is 3.03. The zero-order valence-electron chi connectivity index (χ0n) is 22.1. The number of piperidine rings is 1. The quantitative estimate of drug-likeness (QED) is 0.683. The number of rotatable bonds is 3. The Hall–Kier alpha value is -2.93. The van der Waals surface area contributed by atoms with Crippen LogP contribution in [0, 0.1) is 12.3 Å². The molecule has 7 nitrogen and oxygen atoms in total. The molecule has 4 heterocycles. The summed E-state index contributed by atoms with van der Waals surface area (Å²) in [6.45, 7) is 5.80. The third kappa shape index (κ3) is 5.98. The molecule has 1 N–H and O–H groups in total. The van der Waals surface area contributed by atoms with Gasteiger partial charge in [0.15, 0.2) is 0 Å². The lowest BCUT2D eigenvalue weighted by Crippen LogP contribution is -2.51. The number of aromatic nitrogens is 1. The minimum absolute atomic E-state index is 0.0775. The van der Waals surface area contributed by atoms with E-state index < -0.39 is 0 Å². The maximum Gasteiger partial charge on any atom is 0.237 e. The second kappa shape index (κ2) is 11.6. The number of benzene rings is 1. The smallest absolute Gasteiger partial charge is 0.237 e. The van der Waals surface area contributed by atoms with Crippen LogP contribution in [0.15, 0.2) is 42.6 Å². The number of likely N-dealkylation sites (tertiary alicyclic amines) is 2. The summed E-state index contributed by atoms with van der Waals surface area (Å²) < 4.78 is 5.97. The Balaban J connectivity index is 1.17. The standard InChI is InChI=1S/C30H40N4O3/c1-23-11-12-25(32-21-23)26-9-6-17-34(26)28(35)22-33-18-14-30(15-19-33)13-5-4-8-24-7-2-3-10-27(24)37-20-16-31-29(30)36/h2-3,7,10-12,21,26H,4-6,8-9,13-20,22H2,1H3,(H,31,36). The van der Waals surface area contributed by atoms with Crippen LogP contribution in [0.4, 0.5) is 0 Å². The van der Waals surface area contributed by atoms with Crippen LogP contribution in [0.3, 0.4) is 0 Å². The van der Waals surface area contributed by atoms with E-state index in [-0.39, 0.29) is 23.3 Å². The molecule has 7 heteroatoms. The minimum atomic E-state index is -0.347. The van der Waals surface area contributed by atoms with E-state index in [1.807, 2.05) is 30.2 Å². The van der Waals surface area contributed by atoms with E-state index in [0.717, 1.165) is 88.0 Å². The summed E-state index contributed by atoms with van der Waals surface area (Å²) in [5.74, 6) is 1.27. The van der Waals surface area contributed by atoms with Crippen molar-refractivity contribution >= 4 is 11.8 Å². The SMILES string of the molecule is Cc1ccc(C2CCCN2C(=O)CN2CCC3(CCCCc4ccccc4OCCNC3=O)CC2)nc1. The van der Waals surface area contributed by atoms with Crippen molar-refractivity contribution in [1.29, 1.82) is 0 Å². The number of fused-ring (bicyclic) bond motifs is 1. The van der Waals surface area contributed by atoms with Gasteiger partial charge in [0.05, 0.1) is 30.2 Å². The number of carbonyl (C=O) groups is 2. The van der Waals surface area contributed by atoms with Crippen molar-refractivity contribution in [3.8, 4) is 5.75 Å². The predicted octanol–water partition coefficient (Wildman–Crippen LogP) is 4.06. The van der Waals surface area contributed by atoms with Crippen molar-refractivity contribution in [2.24, 2.45) is 5.41 Å². The second-order valence-corrected chi connectivity index (χ2v) is 11.0. The molecule has 0 aliphatic carbocycles. The largest absolute Gasteiger partial charge is 0.491 e. The zero-order valence-corrected chi connectivity index (χ0v) is 22.1. The summed E-state index contributed by atoms with van der Waals surface area (Å²) in [5, 5.41) is 3.16. The Morgan fingerprint density at radius 2 is 1.92 bits per heavy atom. The summed E-state index contributed by atoms with van der Waals surface area (Å²) in [4.78, 5) is 35.5. The highest BCUT2D eigenvalue weighted by atomic mass is 16.5. The van der Waals surface area contributed by atoms with Gasteiger partial charge in [-0.15, -0.1) is 0 Å². The van der Waals surface area contributed by atoms with Crippen LogP contribution < -0.4 is 10.1 Å². The molecule has 1 aromatic carbocycles. The maximum absolute atomic E-state index is 13.3. The Labute approximate surface area is 220 Å². The molecule has 3 aliphatic rings. The van der Waals surface area contributed by atoms with E-state index in [9.17, 15) is 9.59 Å². The molecular weight excluding hydrogens is 464 g/mol. The van der Waals surface area contributed by atoms with Gasteiger partial charge in [0, 0.05) is 12.7 Å². The molecule has 2 fully saturated rings. The van der Waals surface area contributed by atoms with Crippen molar-refractivity contribution in [2.75, 3.05) is 39.3 Å². The molecule has 1 aromatic heterocycles. The average molecular weight is 505 g/mol. The Morgan fingerprint density at radius 1 is 1.08 bits per heavy atom. The van der Waals surface area contributed by atoms with E-state index in [0.29, 0.717) is 19.7 Å². The fourth-order valence-corrected chi connectivity index (χ4v) is 6.20. The fraction of sp³-hybridized carbons (Fsp3) is 0.567. The van der Waals surface area contributed by atoms with Crippen LogP contribution in [0.2, 0.25) is 0 Å². The van der Waals surface area contributed by atoms with Gasteiger partial charge < -0.3 is 15.0 Å². The van der Waals surface area contributed by atoms with Gasteiger partial charge in [-0.1, -0.05) is 30.7 Å². The number of hydrogen-bond acceptors (Lipinski definition) is 5. The van der Waals surface area contributed by atoms with Crippen molar-refractivity contribution in [3.63, 3.8) is 0 Å². The zero-order chi connectivity index (χ0) is 25.7. The first-order chi connectivity index (χ1) is 18.0. The molecule has 5 rings (SSSR count). The van der Waals surface area contributed by atoms with Crippen LogP contribution in [0.5, 0.6) is 5.75 Å². The van der Waals surface area contributed by atoms with Gasteiger partial charge in [0.2, 0.25) is 11.8 Å². The highest BCUT2D eigenvalue weighted by molar-refractivity contribution is 5.83. The second-order valence-electron chi connectivity index (χ2n) is 11.0. The summed E-state index contributed by atoms with van der Waals surface area (Å²) >= 11 is 0. The number of aryl methyl sites for hydroxylation is 2. The lowest BCUT2D eigenvalue weighted by Gasteiger charge is -2.41. The Morgan fingerprint density at radius 3 is 2.73 bits per heavy atom. The van der Waals surface area contributed by atoms with Crippen molar-refractivity contribution in [2.45, 2.75) is 64.3 Å². The van der Waals surface area contributed by atoms with Crippen molar-refractivity contribution in [3.05, 3.63) is 59.4 Å². The molecule has 3 aliphatic heterocycles. The van der Waals surface area contributed by atoms with E-state index in [4.69, 9.17) is 4.74 Å². The number of para-hydroxylation sites is 1. The van der Waals surface area contributed by atoms with Crippen LogP contribution in [-0.2, 0) is 16.0 Å². The maximum atomic E-state index is 13.3. The number of amides is 2. The van der Waals surface area contributed by atoms with E-state index in [1.165, 1.54) is 5.56 Å². The molecule has 2 amide bonds. The highest BCUT2D eigenvalue weighted by Gasteiger charge is 2.41. The number of carbonyl (C=O) groups excluding carboxylic acids is 2. The first-order valence-corrected chi connectivity index (χ1v) is 14.0. The number of nitrogens with one attached hydrogen (secondary N) is 1. The Bertz CT molecular complexity index is 1080. The molecule has 0 radical (unpaired) electrons. The predicted molar refractivity (Wildman–Crippen MR) is 143 cm³/mol. The molecule has 37 heavy (non-hydrogen) atoms. The fourth-order valence-electron chi connectivity index (χ4n) is 6.20. The normalized spacial score (nSPS) is 22.9.